The predicted molar refractivity (Wildman–Crippen MR) is 73.7 cm³/mol. The van der Waals surface area contributed by atoms with E-state index in [1.807, 2.05) is 14.1 Å². The fourth-order valence-corrected chi connectivity index (χ4v) is 2.85. The van der Waals surface area contributed by atoms with Crippen LogP contribution in [-0.2, 0) is 9.59 Å². The Balaban J connectivity index is 1.90. The Bertz CT molecular complexity index is 351. The lowest BCUT2D eigenvalue weighted by atomic mass is 10.2. The molecule has 2 atom stereocenters. The maximum atomic E-state index is 12.3. The van der Waals surface area contributed by atoms with Gasteiger partial charge in [-0.1, -0.05) is 12.8 Å². The van der Waals surface area contributed by atoms with Crippen molar-refractivity contribution >= 4 is 11.8 Å². The number of nitrogens with zero attached hydrogens (tertiary/aromatic N) is 2. The van der Waals surface area contributed by atoms with E-state index in [2.05, 4.69) is 17.1 Å². The lowest BCUT2D eigenvalue weighted by Crippen LogP contribution is -2.46. The van der Waals surface area contributed by atoms with Gasteiger partial charge in [0.05, 0.1) is 12.5 Å². The molecule has 0 radical (unpaired) electrons. The van der Waals surface area contributed by atoms with Crippen LogP contribution in [0.1, 0.15) is 39.0 Å². The van der Waals surface area contributed by atoms with Gasteiger partial charge in [-0.25, -0.2) is 0 Å². The highest BCUT2D eigenvalue weighted by atomic mass is 16.2. The number of imide groups is 1. The summed E-state index contributed by atoms with van der Waals surface area (Å²) in [4.78, 5) is 28.0. The molecule has 2 rings (SSSR count). The summed E-state index contributed by atoms with van der Waals surface area (Å²) in [5, 5.41) is 3.24. The molecule has 1 aliphatic heterocycles. The monoisotopic (exact) mass is 267 g/mol. The van der Waals surface area contributed by atoms with Gasteiger partial charge in [0.25, 0.3) is 0 Å². The van der Waals surface area contributed by atoms with E-state index >= 15 is 0 Å². The summed E-state index contributed by atoms with van der Waals surface area (Å²) >= 11 is 0. The van der Waals surface area contributed by atoms with Gasteiger partial charge in [0.1, 0.15) is 0 Å². The number of carbonyl (C=O) groups excluding carboxylic acids is 2. The van der Waals surface area contributed by atoms with Crippen LogP contribution in [0, 0.1) is 0 Å². The Morgan fingerprint density at radius 1 is 1.32 bits per heavy atom. The van der Waals surface area contributed by atoms with E-state index in [0.717, 1.165) is 32.2 Å². The Morgan fingerprint density at radius 2 is 1.95 bits per heavy atom. The first-order valence-corrected chi connectivity index (χ1v) is 7.26. The first-order valence-electron chi connectivity index (χ1n) is 7.26. The molecule has 0 bridgehead atoms. The topological polar surface area (TPSA) is 52.7 Å². The third kappa shape index (κ3) is 3.15. The van der Waals surface area contributed by atoms with Gasteiger partial charge < -0.3 is 10.2 Å². The van der Waals surface area contributed by atoms with Crippen molar-refractivity contribution in [3.05, 3.63) is 0 Å². The minimum Gasteiger partial charge on any atom is -0.305 e. The molecule has 2 amide bonds. The normalized spacial score (nSPS) is 26.7. The van der Waals surface area contributed by atoms with E-state index in [0.29, 0.717) is 12.5 Å². The van der Waals surface area contributed by atoms with Crippen molar-refractivity contribution in [3.8, 4) is 0 Å². The fraction of sp³-hybridized carbons (Fsp3) is 0.857. The molecule has 1 saturated heterocycles. The molecule has 2 fully saturated rings. The van der Waals surface area contributed by atoms with Crippen LogP contribution in [0.2, 0.25) is 0 Å². The largest absolute Gasteiger partial charge is 0.305 e. The first kappa shape index (κ1) is 14.5. The first-order chi connectivity index (χ1) is 9.00. The van der Waals surface area contributed by atoms with Crippen molar-refractivity contribution in [1.29, 1.82) is 0 Å². The predicted octanol–water partition coefficient (Wildman–Crippen LogP) is 0.596. The zero-order chi connectivity index (χ0) is 14.0. The summed E-state index contributed by atoms with van der Waals surface area (Å²) in [5.41, 5.74) is 0. The van der Waals surface area contributed by atoms with Crippen LogP contribution >= 0.6 is 0 Å². The maximum Gasteiger partial charge on any atom is 0.247 e. The zero-order valence-corrected chi connectivity index (χ0v) is 12.2. The Morgan fingerprint density at radius 3 is 2.53 bits per heavy atom. The molecule has 0 aromatic rings. The number of hydrogen-bond acceptors (Lipinski definition) is 4. The standard InChI is InChI=1S/C14H25N3O2/c1-10(16(2)3)9-15-12-8-13(18)17(14(12)19)11-6-4-5-7-11/h10-12,15H,4-9H2,1-3H3. The highest BCUT2D eigenvalue weighted by Crippen LogP contribution is 2.28. The van der Waals surface area contributed by atoms with Gasteiger partial charge in [0.2, 0.25) is 11.8 Å². The molecule has 2 aliphatic rings. The third-order valence-electron chi connectivity index (χ3n) is 4.41. The van der Waals surface area contributed by atoms with Crippen molar-refractivity contribution in [2.45, 2.75) is 57.2 Å². The number of nitrogens with one attached hydrogen (secondary N) is 1. The SMILES string of the molecule is CC(CNC1CC(=O)N(C2CCCC2)C1=O)N(C)C. The molecule has 1 aliphatic carbocycles. The summed E-state index contributed by atoms with van der Waals surface area (Å²) in [7, 11) is 4.03. The highest BCUT2D eigenvalue weighted by molar-refractivity contribution is 6.05. The summed E-state index contributed by atoms with van der Waals surface area (Å²) in [5.74, 6) is -0.00485. The van der Waals surface area contributed by atoms with Gasteiger partial charge >= 0.3 is 0 Å². The average Bonchev–Trinajstić information content (AvgIpc) is 2.95. The number of hydrogen-bond donors (Lipinski definition) is 1. The smallest absolute Gasteiger partial charge is 0.247 e. The molecule has 0 aromatic heterocycles. The molecule has 2 unspecified atom stereocenters. The van der Waals surface area contributed by atoms with E-state index in [1.165, 1.54) is 4.90 Å². The van der Waals surface area contributed by atoms with Crippen LogP contribution in [0.25, 0.3) is 0 Å². The summed E-state index contributed by atoms with van der Waals surface area (Å²) in [6.07, 6.45) is 4.57. The Labute approximate surface area is 115 Å². The molecule has 0 spiro atoms. The van der Waals surface area contributed by atoms with Crippen molar-refractivity contribution in [2.24, 2.45) is 0 Å². The zero-order valence-electron chi connectivity index (χ0n) is 12.2. The van der Waals surface area contributed by atoms with Gasteiger partial charge in [-0.2, -0.15) is 0 Å². The van der Waals surface area contributed by atoms with E-state index in [1.54, 1.807) is 0 Å². The second-order valence-electron chi connectivity index (χ2n) is 6.02. The third-order valence-corrected chi connectivity index (χ3v) is 4.41. The second-order valence-corrected chi connectivity index (χ2v) is 6.02. The maximum absolute atomic E-state index is 12.3. The molecular weight excluding hydrogens is 242 g/mol. The minimum absolute atomic E-state index is 0.00639. The summed E-state index contributed by atoms with van der Waals surface area (Å²) < 4.78 is 0. The van der Waals surface area contributed by atoms with Crippen LogP contribution in [0.3, 0.4) is 0 Å². The number of likely N-dealkylation sites (tertiary alicyclic amines) is 1. The highest BCUT2D eigenvalue weighted by Gasteiger charge is 2.42. The van der Waals surface area contributed by atoms with Gasteiger partial charge in [-0.3, -0.25) is 14.5 Å². The van der Waals surface area contributed by atoms with Gasteiger partial charge in [-0.15, -0.1) is 0 Å². The van der Waals surface area contributed by atoms with Crippen molar-refractivity contribution in [2.75, 3.05) is 20.6 Å². The fourth-order valence-electron chi connectivity index (χ4n) is 2.85. The molecule has 1 N–H and O–H groups in total. The van der Waals surface area contributed by atoms with Gasteiger partial charge in [0, 0.05) is 18.6 Å². The van der Waals surface area contributed by atoms with Crippen LogP contribution in [0.15, 0.2) is 0 Å². The van der Waals surface area contributed by atoms with Gasteiger partial charge in [0.15, 0.2) is 0 Å². The van der Waals surface area contributed by atoms with E-state index in [-0.39, 0.29) is 23.9 Å². The molecule has 108 valence electrons. The molecule has 5 heteroatoms. The Hall–Kier alpha value is -0.940. The van der Waals surface area contributed by atoms with Crippen LogP contribution in [0.4, 0.5) is 0 Å². The minimum atomic E-state index is -0.310. The van der Waals surface area contributed by atoms with Crippen molar-refractivity contribution in [3.63, 3.8) is 0 Å². The summed E-state index contributed by atoms with van der Waals surface area (Å²) in [6, 6.07) is 0.206. The van der Waals surface area contributed by atoms with E-state index < -0.39 is 0 Å². The van der Waals surface area contributed by atoms with Crippen LogP contribution in [-0.4, -0.2) is 60.4 Å². The van der Waals surface area contributed by atoms with Gasteiger partial charge in [-0.05, 0) is 33.9 Å². The number of amides is 2. The lowest BCUT2D eigenvalue weighted by molar-refractivity contribution is -0.141. The molecule has 1 saturated carbocycles. The quantitative estimate of drug-likeness (QED) is 0.741. The van der Waals surface area contributed by atoms with E-state index in [4.69, 9.17) is 0 Å². The van der Waals surface area contributed by atoms with Crippen LogP contribution in [0.5, 0.6) is 0 Å². The lowest BCUT2D eigenvalue weighted by Gasteiger charge is -2.24. The molecule has 19 heavy (non-hydrogen) atoms. The number of rotatable bonds is 5. The molecule has 0 aromatic carbocycles. The molecule has 1 heterocycles. The van der Waals surface area contributed by atoms with E-state index in [9.17, 15) is 9.59 Å². The van der Waals surface area contributed by atoms with Crippen molar-refractivity contribution < 1.29 is 9.59 Å². The van der Waals surface area contributed by atoms with Crippen molar-refractivity contribution in [1.82, 2.24) is 15.1 Å². The second kappa shape index (κ2) is 6.01. The molecular formula is C14H25N3O2. The van der Waals surface area contributed by atoms with Crippen LogP contribution < -0.4 is 5.32 Å². The molecule has 5 nitrogen and oxygen atoms in total. The number of likely N-dealkylation sites (N-methyl/N-ethyl adjacent to an activating group) is 1. The summed E-state index contributed by atoms with van der Waals surface area (Å²) in [6.45, 7) is 2.83. The average molecular weight is 267 g/mol. The number of carbonyl (C=O) groups is 2. The Kier molecular flexibility index (Phi) is 4.58.